The van der Waals surface area contributed by atoms with Crippen LogP contribution in [0.4, 0.5) is 4.79 Å². The molecule has 0 saturated carbocycles. The molecule has 0 spiro atoms. The van der Waals surface area contributed by atoms with Crippen molar-refractivity contribution in [1.29, 1.82) is 0 Å². The first-order valence-electron chi connectivity index (χ1n) is 8.59. The molecule has 1 amide bonds. The molecule has 2 aliphatic carbocycles. The minimum atomic E-state index is -0.322. The molecule has 24 heavy (non-hydrogen) atoms. The third-order valence-corrected chi connectivity index (χ3v) is 5.82. The van der Waals surface area contributed by atoms with Gasteiger partial charge in [0.15, 0.2) is 0 Å². The van der Waals surface area contributed by atoms with Crippen LogP contribution in [0.5, 0.6) is 0 Å². The largest absolute Gasteiger partial charge is 0.444 e. The standard InChI is InChI=1S/C19H27NO2S2/c1-15(2)20-19(21)22-16(13-23-17-9-5-3-6-10-17)14-24-18-11-7-4-8-12-18/h5,7,9-12,15-16H,3-4,6,8,13-14H2,1-2H3,(H,20,21). The first-order valence-corrected chi connectivity index (χ1v) is 10.6. The van der Waals surface area contributed by atoms with Gasteiger partial charge in [0.1, 0.15) is 6.10 Å². The van der Waals surface area contributed by atoms with E-state index in [1.54, 1.807) is 23.5 Å². The van der Waals surface area contributed by atoms with Gasteiger partial charge >= 0.3 is 6.09 Å². The molecular formula is C19H27NO2S2. The van der Waals surface area contributed by atoms with E-state index in [-0.39, 0.29) is 18.2 Å². The van der Waals surface area contributed by atoms with Gasteiger partial charge in [0, 0.05) is 27.4 Å². The van der Waals surface area contributed by atoms with Crippen molar-refractivity contribution >= 4 is 29.6 Å². The average Bonchev–Trinajstić information content (AvgIpc) is 2.58. The second-order valence-electron chi connectivity index (χ2n) is 6.12. The number of rotatable bonds is 8. The molecule has 132 valence electrons. The van der Waals surface area contributed by atoms with Crippen LogP contribution in [0, 0.1) is 0 Å². The van der Waals surface area contributed by atoms with Gasteiger partial charge < -0.3 is 10.1 Å². The maximum atomic E-state index is 12.0. The molecule has 0 radical (unpaired) electrons. The highest BCUT2D eigenvalue weighted by molar-refractivity contribution is 8.04. The van der Waals surface area contributed by atoms with Crippen LogP contribution in [0.3, 0.4) is 0 Å². The molecule has 0 bridgehead atoms. The molecule has 3 nitrogen and oxygen atoms in total. The molecule has 0 saturated heterocycles. The lowest BCUT2D eigenvalue weighted by Gasteiger charge is -2.20. The first kappa shape index (κ1) is 19.3. The van der Waals surface area contributed by atoms with E-state index in [2.05, 4.69) is 41.8 Å². The molecule has 1 N–H and O–H groups in total. The monoisotopic (exact) mass is 365 g/mol. The Morgan fingerprint density at radius 2 is 1.58 bits per heavy atom. The van der Waals surface area contributed by atoms with E-state index in [4.69, 9.17) is 4.74 Å². The number of carbonyl (C=O) groups excluding carboxylic acids is 1. The number of hydrogen-bond acceptors (Lipinski definition) is 4. The van der Waals surface area contributed by atoms with Gasteiger partial charge in [-0.3, -0.25) is 0 Å². The van der Waals surface area contributed by atoms with Crippen LogP contribution in [-0.4, -0.2) is 29.7 Å². The Morgan fingerprint density at radius 1 is 1.04 bits per heavy atom. The van der Waals surface area contributed by atoms with Gasteiger partial charge in [0.2, 0.25) is 0 Å². The number of alkyl carbamates (subject to hydrolysis) is 1. The van der Waals surface area contributed by atoms with E-state index < -0.39 is 0 Å². The summed E-state index contributed by atoms with van der Waals surface area (Å²) in [6, 6.07) is 0.0893. The van der Waals surface area contributed by atoms with E-state index >= 15 is 0 Å². The maximum absolute atomic E-state index is 12.0. The van der Waals surface area contributed by atoms with Gasteiger partial charge in [-0.05, 0) is 39.5 Å². The van der Waals surface area contributed by atoms with Crippen molar-refractivity contribution in [2.24, 2.45) is 0 Å². The Hall–Kier alpha value is -1.07. The van der Waals surface area contributed by atoms with Crippen molar-refractivity contribution in [3.8, 4) is 0 Å². The number of amides is 1. The number of allylic oxidation sites excluding steroid dienone is 6. The van der Waals surface area contributed by atoms with Gasteiger partial charge in [-0.15, -0.1) is 23.5 Å². The fourth-order valence-electron chi connectivity index (χ4n) is 2.31. The summed E-state index contributed by atoms with van der Waals surface area (Å²) in [5.74, 6) is 1.57. The summed E-state index contributed by atoms with van der Waals surface area (Å²) in [6.45, 7) is 3.88. The van der Waals surface area contributed by atoms with E-state index in [1.165, 1.54) is 9.81 Å². The average molecular weight is 366 g/mol. The molecule has 2 aliphatic rings. The third kappa shape index (κ3) is 7.67. The molecule has 0 aromatic carbocycles. The SMILES string of the molecule is CC(C)NC(=O)OC(CSC1=CCCC=C1)CSC1=CCCC=C1. The zero-order chi connectivity index (χ0) is 17.2. The summed E-state index contributed by atoms with van der Waals surface area (Å²) < 4.78 is 5.65. The predicted octanol–water partition coefficient (Wildman–Crippen LogP) is 5.42. The Morgan fingerprint density at radius 3 is 2.00 bits per heavy atom. The predicted molar refractivity (Wildman–Crippen MR) is 106 cm³/mol. The smallest absolute Gasteiger partial charge is 0.407 e. The van der Waals surface area contributed by atoms with Crippen molar-refractivity contribution in [3.63, 3.8) is 0 Å². The summed E-state index contributed by atoms with van der Waals surface area (Å²) in [4.78, 5) is 14.5. The lowest BCUT2D eigenvalue weighted by molar-refractivity contribution is 0.117. The van der Waals surface area contributed by atoms with Crippen LogP contribution in [0.1, 0.15) is 39.5 Å². The van der Waals surface area contributed by atoms with Crippen LogP contribution in [0.2, 0.25) is 0 Å². The number of ether oxygens (including phenoxy) is 1. The molecule has 0 heterocycles. The quantitative estimate of drug-likeness (QED) is 0.623. The Balaban J connectivity index is 1.85. The van der Waals surface area contributed by atoms with Crippen molar-refractivity contribution < 1.29 is 9.53 Å². The molecule has 0 aromatic heterocycles. The van der Waals surface area contributed by atoms with Gasteiger partial charge in [-0.1, -0.05) is 36.5 Å². The number of carbonyl (C=O) groups is 1. The third-order valence-electron chi connectivity index (χ3n) is 3.47. The second-order valence-corrected chi connectivity index (χ2v) is 8.31. The van der Waals surface area contributed by atoms with Crippen LogP contribution < -0.4 is 5.32 Å². The summed E-state index contributed by atoms with van der Waals surface area (Å²) >= 11 is 3.54. The van der Waals surface area contributed by atoms with Crippen LogP contribution in [-0.2, 0) is 4.74 Å². The lowest BCUT2D eigenvalue weighted by Crippen LogP contribution is -2.35. The normalized spacial score (nSPS) is 17.0. The summed E-state index contributed by atoms with van der Waals surface area (Å²) in [5.41, 5.74) is 0. The molecule has 2 rings (SSSR count). The summed E-state index contributed by atoms with van der Waals surface area (Å²) in [6.07, 6.45) is 17.3. The zero-order valence-electron chi connectivity index (χ0n) is 14.5. The lowest BCUT2D eigenvalue weighted by atomic mass is 10.2. The van der Waals surface area contributed by atoms with Crippen LogP contribution in [0.15, 0.2) is 46.3 Å². The molecule has 5 heteroatoms. The van der Waals surface area contributed by atoms with Gasteiger partial charge in [-0.2, -0.15) is 0 Å². The first-order chi connectivity index (χ1) is 11.6. The summed E-state index contributed by atoms with van der Waals surface area (Å²) in [5, 5.41) is 2.81. The number of thioether (sulfide) groups is 2. The Labute approximate surface area is 154 Å². The van der Waals surface area contributed by atoms with Crippen LogP contribution >= 0.6 is 23.5 Å². The highest BCUT2D eigenvalue weighted by atomic mass is 32.2. The zero-order valence-corrected chi connectivity index (χ0v) is 16.1. The molecule has 0 atom stereocenters. The summed E-state index contributed by atoms with van der Waals surface area (Å²) in [7, 11) is 0. The molecule has 0 aliphatic heterocycles. The van der Waals surface area contributed by atoms with Crippen molar-refractivity contribution in [1.82, 2.24) is 5.32 Å². The fraction of sp³-hybridized carbons (Fsp3) is 0.526. The van der Waals surface area contributed by atoms with Gasteiger partial charge in [0.05, 0.1) is 0 Å². The molecule has 0 aromatic rings. The second kappa shape index (κ2) is 10.7. The topological polar surface area (TPSA) is 38.3 Å². The minimum Gasteiger partial charge on any atom is -0.444 e. The fourth-order valence-corrected chi connectivity index (χ4v) is 4.44. The van der Waals surface area contributed by atoms with Gasteiger partial charge in [0.25, 0.3) is 0 Å². The Bertz CT molecular complexity index is 499. The van der Waals surface area contributed by atoms with Crippen LogP contribution in [0.25, 0.3) is 0 Å². The van der Waals surface area contributed by atoms with Crippen molar-refractivity contribution in [3.05, 3.63) is 46.3 Å². The highest BCUT2D eigenvalue weighted by Crippen LogP contribution is 2.27. The molecular weight excluding hydrogens is 338 g/mol. The molecule has 0 fully saturated rings. The highest BCUT2D eigenvalue weighted by Gasteiger charge is 2.17. The van der Waals surface area contributed by atoms with E-state index in [9.17, 15) is 4.79 Å². The minimum absolute atomic E-state index is 0.0893. The van der Waals surface area contributed by atoms with Crippen molar-refractivity contribution in [2.75, 3.05) is 11.5 Å². The van der Waals surface area contributed by atoms with Gasteiger partial charge in [-0.25, -0.2) is 4.79 Å². The van der Waals surface area contributed by atoms with E-state index in [1.807, 2.05) is 13.8 Å². The van der Waals surface area contributed by atoms with E-state index in [0.717, 1.165) is 37.2 Å². The Kier molecular flexibility index (Phi) is 8.60. The number of nitrogens with one attached hydrogen (secondary N) is 1. The maximum Gasteiger partial charge on any atom is 0.407 e. The van der Waals surface area contributed by atoms with Crippen molar-refractivity contribution in [2.45, 2.75) is 51.7 Å². The molecule has 0 unspecified atom stereocenters. The van der Waals surface area contributed by atoms with E-state index in [0.29, 0.717) is 0 Å². The number of hydrogen-bond donors (Lipinski definition) is 1.